The lowest BCUT2D eigenvalue weighted by Crippen LogP contribution is -2.41. The minimum Gasteiger partial charge on any atom is -0.355 e. The number of hydrogen-bond acceptors (Lipinski definition) is 4. The highest BCUT2D eigenvalue weighted by Crippen LogP contribution is 2.30. The van der Waals surface area contributed by atoms with Crippen molar-refractivity contribution >= 4 is 17.2 Å². The van der Waals surface area contributed by atoms with Crippen LogP contribution in [0, 0.1) is 19.8 Å². The smallest absolute Gasteiger partial charge is 0.223 e. The van der Waals surface area contributed by atoms with Gasteiger partial charge in [0, 0.05) is 37.0 Å². The van der Waals surface area contributed by atoms with Gasteiger partial charge in [0.15, 0.2) is 5.82 Å². The van der Waals surface area contributed by atoms with Crippen LogP contribution in [0.3, 0.4) is 0 Å². The maximum absolute atomic E-state index is 12.9. The first-order valence-electron chi connectivity index (χ1n) is 12.0. The van der Waals surface area contributed by atoms with Gasteiger partial charge in [0.1, 0.15) is 5.52 Å². The molecule has 0 saturated carbocycles. The van der Waals surface area contributed by atoms with E-state index in [0.717, 1.165) is 54.1 Å². The van der Waals surface area contributed by atoms with Gasteiger partial charge in [-0.2, -0.15) is 5.10 Å². The molecule has 1 aliphatic rings. The molecule has 3 heterocycles. The third-order valence-electron chi connectivity index (χ3n) is 6.85. The molecule has 1 atom stereocenters. The minimum atomic E-state index is 0.0117. The van der Waals surface area contributed by atoms with E-state index in [1.54, 1.807) is 6.20 Å². The summed E-state index contributed by atoms with van der Waals surface area (Å²) in [4.78, 5) is 19.9. The van der Waals surface area contributed by atoms with Crippen molar-refractivity contribution in [1.29, 1.82) is 0 Å². The zero-order chi connectivity index (χ0) is 23.7. The van der Waals surface area contributed by atoms with E-state index in [1.165, 1.54) is 11.1 Å². The average Bonchev–Trinajstić information content (AvgIpc) is 3.28. The first-order valence-corrected chi connectivity index (χ1v) is 12.0. The largest absolute Gasteiger partial charge is 0.355 e. The van der Waals surface area contributed by atoms with Gasteiger partial charge < -0.3 is 10.2 Å². The van der Waals surface area contributed by atoms with Crippen LogP contribution in [0.25, 0.3) is 16.8 Å². The van der Waals surface area contributed by atoms with E-state index in [-0.39, 0.29) is 17.9 Å². The predicted molar refractivity (Wildman–Crippen MR) is 136 cm³/mol. The Morgan fingerprint density at radius 1 is 1.06 bits per heavy atom. The highest BCUT2D eigenvalue weighted by molar-refractivity contribution is 5.80. The summed E-state index contributed by atoms with van der Waals surface area (Å²) in [7, 11) is 0. The number of fused-ring (bicyclic) bond motifs is 1. The molecule has 6 nitrogen and oxygen atoms in total. The van der Waals surface area contributed by atoms with Gasteiger partial charge in [-0.15, -0.1) is 0 Å². The predicted octanol–water partition coefficient (Wildman–Crippen LogP) is 5.11. The molecule has 0 bridgehead atoms. The molecule has 34 heavy (non-hydrogen) atoms. The van der Waals surface area contributed by atoms with E-state index >= 15 is 0 Å². The fourth-order valence-electron chi connectivity index (χ4n) is 4.89. The second-order valence-electron chi connectivity index (χ2n) is 9.33. The van der Waals surface area contributed by atoms with Crippen LogP contribution >= 0.6 is 0 Å². The van der Waals surface area contributed by atoms with Gasteiger partial charge in [0.05, 0.1) is 11.7 Å². The van der Waals surface area contributed by atoms with E-state index in [1.807, 2.05) is 35.8 Å². The van der Waals surface area contributed by atoms with E-state index < -0.39 is 0 Å². The van der Waals surface area contributed by atoms with Crippen LogP contribution in [-0.4, -0.2) is 33.6 Å². The van der Waals surface area contributed by atoms with Crippen molar-refractivity contribution in [2.75, 3.05) is 18.0 Å². The maximum Gasteiger partial charge on any atom is 0.223 e. The highest BCUT2D eigenvalue weighted by atomic mass is 16.1. The zero-order valence-corrected chi connectivity index (χ0v) is 20.0. The van der Waals surface area contributed by atoms with Crippen molar-refractivity contribution in [2.45, 2.75) is 39.7 Å². The summed E-state index contributed by atoms with van der Waals surface area (Å²) in [6, 6.07) is 18.7. The Kier molecular flexibility index (Phi) is 6.05. The third kappa shape index (κ3) is 4.40. The van der Waals surface area contributed by atoms with Crippen LogP contribution in [0.4, 0.5) is 5.82 Å². The van der Waals surface area contributed by atoms with Crippen LogP contribution < -0.4 is 10.2 Å². The molecule has 1 N–H and O–H groups in total. The molecule has 0 aliphatic carbocycles. The maximum atomic E-state index is 12.9. The first-order chi connectivity index (χ1) is 16.5. The summed E-state index contributed by atoms with van der Waals surface area (Å²) in [5.41, 5.74) is 6.69. The third-order valence-corrected chi connectivity index (χ3v) is 6.85. The summed E-state index contributed by atoms with van der Waals surface area (Å²) in [6.45, 7) is 7.87. The average molecular weight is 454 g/mol. The molecular weight excluding hydrogens is 422 g/mol. The molecule has 0 unspecified atom stereocenters. The first kappa shape index (κ1) is 22.1. The molecule has 0 radical (unpaired) electrons. The van der Waals surface area contributed by atoms with E-state index in [0.29, 0.717) is 0 Å². The Bertz CT molecular complexity index is 1310. The van der Waals surface area contributed by atoms with E-state index in [4.69, 9.17) is 10.1 Å². The molecule has 1 amide bonds. The van der Waals surface area contributed by atoms with Crippen LogP contribution in [0.1, 0.15) is 42.5 Å². The van der Waals surface area contributed by atoms with Crippen molar-refractivity contribution in [2.24, 2.45) is 5.92 Å². The van der Waals surface area contributed by atoms with Crippen molar-refractivity contribution in [3.8, 4) is 11.3 Å². The summed E-state index contributed by atoms with van der Waals surface area (Å²) >= 11 is 0. The summed E-state index contributed by atoms with van der Waals surface area (Å²) in [5, 5.41) is 8.01. The van der Waals surface area contributed by atoms with Crippen molar-refractivity contribution in [3.63, 3.8) is 0 Å². The molecule has 1 saturated heterocycles. The second kappa shape index (κ2) is 9.29. The molecule has 174 valence electrons. The topological polar surface area (TPSA) is 62.5 Å². The summed E-state index contributed by atoms with van der Waals surface area (Å²) < 4.78 is 1.91. The highest BCUT2D eigenvalue weighted by Gasteiger charge is 2.27. The second-order valence-corrected chi connectivity index (χ2v) is 9.33. The molecule has 4 aromatic rings. The number of nitrogens with zero attached hydrogens (tertiary/aromatic N) is 4. The fourth-order valence-corrected chi connectivity index (χ4v) is 4.89. The van der Waals surface area contributed by atoms with Gasteiger partial charge in [-0.25, -0.2) is 9.50 Å². The molecule has 0 spiro atoms. The number of benzene rings is 2. The van der Waals surface area contributed by atoms with Crippen LogP contribution in [0.2, 0.25) is 0 Å². The summed E-state index contributed by atoms with van der Waals surface area (Å²) in [6.07, 6.45) is 5.33. The van der Waals surface area contributed by atoms with Crippen LogP contribution in [0.5, 0.6) is 0 Å². The lowest BCUT2D eigenvalue weighted by atomic mass is 9.95. The number of aryl methyl sites for hydroxylation is 2. The molecule has 6 heteroatoms. The van der Waals surface area contributed by atoms with Gasteiger partial charge in [0.2, 0.25) is 5.91 Å². The Morgan fingerprint density at radius 2 is 1.82 bits per heavy atom. The number of anilines is 1. The summed E-state index contributed by atoms with van der Waals surface area (Å²) in [5.74, 6) is 1.10. The van der Waals surface area contributed by atoms with Gasteiger partial charge in [-0.3, -0.25) is 4.79 Å². The molecular formula is C28H31N5O. The van der Waals surface area contributed by atoms with Gasteiger partial charge >= 0.3 is 0 Å². The number of carbonyl (C=O) groups excluding carboxylic acids is 1. The lowest BCUT2D eigenvalue weighted by Gasteiger charge is -2.32. The van der Waals surface area contributed by atoms with Crippen molar-refractivity contribution < 1.29 is 4.79 Å². The molecule has 2 aromatic heterocycles. The lowest BCUT2D eigenvalue weighted by molar-refractivity contribution is -0.126. The number of amides is 1. The number of carbonyl (C=O) groups is 1. The zero-order valence-electron chi connectivity index (χ0n) is 20.0. The molecule has 2 aromatic carbocycles. The number of piperidine rings is 1. The number of hydrogen-bond donors (Lipinski definition) is 1. The van der Waals surface area contributed by atoms with Crippen LogP contribution in [-0.2, 0) is 4.79 Å². The number of nitrogens with one attached hydrogen (secondary N) is 1. The van der Waals surface area contributed by atoms with E-state index in [2.05, 4.69) is 60.5 Å². The van der Waals surface area contributed by atoms with Gasteiger partial charge in [-0.1, -0.05) is 54.1 Å². The minimum absolute atomic E-state index is 0.0117. The van der Waals surface area contributed by atoms with Gasteiger partial charge in [0.25, 0.3) is 0 Å². The fraction of sp³-hybridized carbons (Fsp3) is 0.321. The molecule has 1 fully saturated rings. The molecule has 5 rings (SSSR count). The Balaban J connectivity index is 1.29. The Morgan fingerprint density at radius 3 is 2.56 bits per heavy atom. The molecule has 1 aliphatic heterocycles. The quantitative estimate of drug-likeness (QED) is 0.456. The number of aromatic nitrogens is 3. The standard InChI is InChI=1S/C28H31N5O/c1-19-9-10-24(20(2)17-19)25-18-26-27(29-13-16-33(26)31-25)32-14-11-23(12-15-32)28(34)30-21(3)22-7-5-4-6-8-22/h4-10,13,16-18,21,23H,11-12,14-15H2,1-3H3,(H,30,34)/t21-/m1/s1. The van der Waals surface area contributed by atoms with Crippen molar-refractivity contribution in [3.05, 3.63) is 83.7 Å². The SMILES string of the molecule is Cc1ccc(-c2cc3c(N4CCC(C(=O)N[C@H](C)c5ccccc5)CC4)nccn3n2)c(C)c1. The van der Waals surface area contributed by atoms with Gasteiger partial charge in [-0.05, 0) is 50.8 Å². The van der Waals surface area contributed by atoms with E-state index in [9.17, 15) is 4.79 Å². The van der Waals surface area contributed by atoms with Crippen LogP contribution in [0.15, 0.2) is 67.0 Å². The van der Waals surface area contributed by atoms with Crippen molar-refractivity contribution in [1.82, 2.24) is 19.9 Å². The normalized spacial score (nSPS) is 15.4. The monoisotopic (exact) mass is 453 g/mol. The number of rotatable bonds is 5. The Hall–Kier alpha value is -3.67. The Labute approximate surface area is 200 Å².